The van der Waals surface area contributed by atoms with Gasteiger partial charge in [0.2, 0.25) is 0 Å². The quantitative estimate of drug-likeness (QED) is 0.465. The molecule has 1 heteroatoms. The minimum absolute atomic E-state index is 0.328. The molecule has 0 aromatic rings. The number of ketones is 1. The molecule has 0 aromatic heterocycles. The SMILES string of the molecule is CC1=CC2C(=O)CC2CC1. The molecule has 0 aliphatic heterocycles. The monoisotopic (exact) mass is 136 g/mol. The summed E-state index contributed by atoms with van der Waals surface area (Å²) in [6, 6.07) is 0. The summed E-state index contributed by atoms with van der Waals surface area (Å²) < 4.78 is 0. The minimum Gasteiger partial charge on any atom is -0.299 e. The van der Waals surface area contributed by atoms with Crippen molar-refractivity contribution in [3.63, 3.8) is 0 Å². The molecular weight excluding hydrogens is 124 g/mol. The lowest BCUT2D eigenvalue weighted by Crippen LogP contribution is -2.37. The highest BCUT2D eigenvalue weighted by molar-refractivity contribution is 5.89. The third-order valence-electron chi connectivity index (χ3n) is 2.72. The lowest BCUT2D eigenvalue weighted by atomic mass is 9.66. The van der Waals surface area contributed by atoms with E-state index in [0.717, 1.165) is 12.3 Å². The summed E-state index contributed by atoms with van der Waals surface area (Å²) in [7, 11) is 0. The Morgan fingerprint density at radius 3 is 3.00 bits per heavy atom. The van der Waals surface area contributed by atoms with Crippen molar-refractivity contribution in [2.75, 3.05) is 0 Å². The molecule has 0 radical (unpaired) electrons. The Hall–Kier alpha value is -0.590. The first-order valence-corrected chi connectivity index (χ1v) is 3.97. The highest BCUT2D eigenvalue weighted by atomic mass is 16.1. The van der Waals surface area contributed by atoms with Gasteiger partial charge in [-0.15, -0.1) is 0 Å². The van der Waals surface area contributed by atoms with Crippen LogP contribution in [0.2, 0.25) is 0 Å². The van der Waals surface area contributed by atoms with Gasteiger partial charge in [-0.2, -0.15) is 0 Å². The Kier molecular flexibility index (Phi) is 1.19. The number of Topliss-reactive ketones (excluding diaryl/α,β-unsaturated/α-hetero) is 1. The first kappa shape index (κ1) is 6.14. The molecule has 54 valence electrons. The van der Waals surface area contributed by atoms with E-state index in [0.29, 0.717) is 11.7 Å². The molecular formula is C9H12O. The second-order valence-electron chi connectivity index (χ2n) is 3.51. The van der Waals surface area contributed by atoms with E-state index in [9.17, 15) is 4.79 Å². The smallest absolute Gasteiger partial charge is 0.140 e. The predicted octanol–water partition coefficient (Wildman–Crippen LogP) is 1.93. The molecule has 0 amide bonds. The van der Waals surface area contributed by atoms with Gasteiger partial charge in [0.15, 0.2) is 0 Å². The zero-order chi connectivity index (χ0) is 7.14. The van der Waals surface area contributed by atoms with E-state index in [1.807, 2.05) is 0 Å². The van der Waals surface area contributed by atoms with Crippen LogP contribution >= 0.6 is 0 Å². The lowest BCUT2D eigenvalue weighted by Gasteiger charge is -2.36. The van der Waals surface area contributed by atoms with Crippen molar-refractivity contribution < 1.29 is 4.79 Å². The Balaban J connectivity index is 2.18. The number of fused-ring (bicyclic) bond motifs is 1. The minimum atomic E-state index is 0.328. The van der Waals surface area contributed by atoms with Gasteiger partial charge >= 0.3 is 0 Å². The molecule has 0 bridgehead atoms. The van der Waals surface area contributed by atoms with Crippen LogP contribution in [0.4, 0.5) is 0 Å². The van der Waals surface area contributed by atoms with E-state index in [-0.39, 0.29) is 0 Å². The summed E-state index contributed by atoms with van der Waals surface area (Å²) in [5.41, 5.74) is 1.41. The van der Waals surface area contributed by atoms with E-state index in [2.05, 4.69) is 13.0 Å². The topological polar surface area (TPSA) is 17.1 Å². The Morgan fingerprint density at radius 2 is 2.40 bits per heavy atom. The van der Waals surface area contributed by atoms with Crippen molar-refractivity contribution in [2.24, 2.45) is 11.8 Å². The van der Waals surface area contributed by atoms with E-state index in [4.69, 9.17) is 0 Å². The maximum absolute atomic E-state index is 11.0. The summed E-state index contributed by atoms with van der Waals surface area (Å²) in [6.45, 7) is 2.13. The van der Waals surface area contributed by atoms with Gasteiger partial charge in [-0.25, -0.2) is 0 Å². The van der Waals surface area contributed by atoms with E-state index in [1.165, 1.54) is 18.4 Å². The van der Waals surface area contributed by atoms with E-state index in [1.54, 1.807) is 0 Å². The molecule has 0 spiro atoms. The van der Waals surface area contributed by atoms with Crippen LogP contribution < -0.4 is 0 Å². The Bertz CT molecular complexity index is 203. The summed E-state index contributed by atoms with van der Waals surface area (Å²) in [4.78, 5) is 11.0. The van der Waals surface area contributed by atoms with Gasteiger partial charge < -0.3 is 0 Å². The van der Waals surface area contributed by atoms with Gasteiger partial charge in [-0.3, -0.25) is 4.79 Å². The summed E-state index contributed by atoms with van der Waals surface area (Å²) in [5.74, 6) is 1.51. The number of hydrogen-bond acceptors (Lipinski definition) is 1. The summed E-state index contributed by atoms with van der Waals surface area (Å²) >= 11 is 0. The van der Waals surface area contributed by atoms with Crippen molar-refractivity contribution >= 4 is 5.78 Å². The highest BCUT2D eigenvalue weighted by Gasteiger charge is 2.39. The number of carbonyl (C=O) groups excluding carboxylic acids is 1. The fourth-order valence-corrected chi connectivity index (χ4v) is 1.94. The van der Waals surface area contributed by atoms with Crippen LogP contribution in [0.1, 0.15) is 26.2 Å². The first-order chi connectivity index (χ1) is 4.77. The maximum atomic E-state index is 11.0. The molecule has 2 unspecified atom stereocenters. The lowest BCUT2D eigenvalue weighted by molar-refractivity contribution is -0.132. The fraction of sp³-hybridized carbons (Fsp3) is 0.667. The van der Waals surface area contributed by atoms with Crippen molar-refractivity contribution in [3.8, 4) is 0 Å². The molecule has 0 saturated heterocycles. The largest absolute Gasteiger partial charge is 0.299 e. The number of rotatable bonds is 0. The van der Waals surface area contributed by atoms with Gasteiger partial charge in [0.05, 0.1) is 0 Å². The van der Waals surface area contributed by atoms with Crippen molar-refractivity contribution in [1.29, 1.82) is 0 Å². The van der Waals surface area contributed by atoms with Crippen LogP contribution in [-0.4, -0.2) is 5.78 Å². The average molecular weight is 136 g/mol. The molecule has 0 N–H and O–H groups in total. The van der Waals surface area contributed by atoms with Gasteiger partial charge in [0, 0.05) is 12.3 Å². The van der Waals surface area contributed by atoms with Crippen molar-refractivity contribution in [3.05, 3.63) is 11.6 Å². The maximum Gasteiger partial charge on any atom is 0.140 e. The zero-order valence-corrected chi connectivity index (χ0v) is 6.26. The second kappa shape index (κ2) is 1.94. The van der Waals surface area contributed by atoms with Gasteiger partial charge in [-0.05, 0) is 25.7 Å². The van der Waals surface area contributed by atoms with Crippen LogP contribution in [0.25, 0.3) is 0 Å². The molecule has 10 heavy (non-hydrogen) atoms. The van der Waals surface area contributed by atoms with E-state index < -0.39 is 0 Å². The number of hydrogen-bond donors (Lipinski definition) is 0. The first-order valence-electron chi connectivity index (χ1n) is 3.97. The van der Waals surface area contributed by atoms with Gasteiger partial charge in [0.25, 0.3) is 0 Å². The van der Waals surface area contributed by atoms with Crippen molar-refractivity contribution in [1.82, 2.24) is 0 Å². The molecule has 1 fully saturated rings. The third-order valence-corrected chi connectivity index (χ3v) is 2.72. The normalized spacial score (nSPS) is 38.1. The molecule has 1 nitrogen and oxygen atoms in total. The molecule has 2 aliphatic rings. The van der Waals surface area contributed by atoms with E-state index >= 15 is 0 Å². The molecule has 0 aromatic carbocycles. The molecule has 2 rings (SSSR count). The van der Waals surface area contributed by atoms with Gasteiger partial charge in [0.1, 0.15) is 5.78 Å². The van der Waals surface area contributed by atoms with Crippen LogP contribution in [0.5, 0.6) is 0 Å². The van der Waals surface area contributed by atoms with Crippen LogP contribution in [0.15, 0.2) is 11.6 Å². The predicted molar refractivity (Wildman–Crippen MR) is 39.6 cm³/mol. The molecule has 1 saturated carbocycles. The molecule has 2 aliphatic carbocycles. The highest BCUT2D eigenvalue weighted by Crippen LogP contribution is 2.40. The van der Waals surface area contributed by atoms with Gasteiger partial charge in [-0.1, -0.05) is 11.6 Å². The summed E-state index contributed by atoms with van der Waals surface area (Å²) in [6.07, 6.45) is 5.49. The molecule has 2 atom stereocenters. The van der Waals surface area contributed by atoms with Crippen molar-refractivity contribution in [2.45, 2.75) is 26.2 Å². The molecule has 0 heterocycles. The fourth-order valence-electron chi connectivity index (χ4n) is 1.94. The summed E-state index contributed by atoms with van der Waals surface area (Å²) in [5, 5.41) is 0. The number of allylic oxidation sites excluding steroid dienone is 2. The Labute approximate surface area is 61.1 Å². The van der Waals surface area contributed by atoms with Crippen LogP contribution in [0.3, 0.4) is 0 Å². The number of carbonyl (C=O) groups is 1. The Morgan fingerprint density at radius 1 is 1.60 bits per heavy atom. The third kappa shape index (κ3) is 0.731. The zero-order valence-electron chi connectivity index (χ0n) is 6.26. The standard InChI is InChI=1S/C9H12O/c1-6-2-3-7-5-9(10)8(7)4-6/h4,7-8H,2-3,5H2,1H3. The van der Waals surface area contributed by atoms with Crippen LogP contribution in [0, 0.1) is 11.8 Å². The average Bonchev–Trinajstić information content (AvgIpc) is 1.92. The van der Waals surface area contributed by atoms with Crippen LogP contribution in [-0.2, 0) is 4.79 Å². The second-order valence-corrected chi connectivity index (χ2v) is 3.51.